The summed E-state index contributed by atoms with van der Waals surface area (Å²) in [7, 11) is 0. The Morgan fingerprint density at radius 3 is 2.59 bits per heavy atom. The van der Waals surface area contributed by atoms with Gasteiger partial charge in [-0.05, 0) is 55.6 Å². The van der Waals surface area contributed by atoms with Crippen molar-refractivity contribution in [2.24, 2.45) is 0 Å². The van der Waals surface area contributed by atoms with Gasteiger partial charge in [0.05, 0.1) is 6.04 Å². The van der Waals surface area contributed by atoms with Gasteiger partial charge in [-0.15, -0.1) is 11.3 Å². The van der Waals surface area contributed by atoms with Crippen LogP contribution >= 0.6 is 27.3 Å². The van der Waals surface area contributed by atoms with Crippen molar-refractivity contribution >= 4 is 27.3 Å². The molecule has 1 aromatic heterocycles. The van der Waals surface area contributed by atoms with Crippen LogP contribution in [0, 0.1) is 0 Å². The zero-order valence-electron chi connectivity index (χ0n) is 10.7. The molecule has 1 fully saturated rings. The number of hydrogen-bond donors (Lipinski definition) is 1. The second-order valence-corrected chi connectivity index (χ2v) is 6.91. The van der Waals surface area contributed by atoms with Gasteiger partial charge in [0.2, 0.25) is 0 Å². The maximum absolute atomic E-state index is 3.67. The first-order valence-corrected chi connectivity index (χ1v) is 8.03. The Labute approximate surface area is 116 Å². The van der Waals surface area contributed by atoms with E-state index in [-0.39, 0.29) is 0 Å². The van der Waals surface area contributed by atoms with E-state index >= 15 is 0 Å². The maximum atomic E-state index is 3.67. The summed E-state index contributed by atoms with van der Waals surface area (Å²) in [5.41, 5.74) is 3.67. The number of piperidine rings is 1. The smallest absolute Gasteiger partial charge is 0.0530 e. The van der Waals surface area contributed by atoms with Crippen molar-refractivity contribution in [3.63, 3.8) is 0 Å². The zero-order chi connectivity index (χ0) is 12.4. The van der Waals surface area contributed by atoms with Gasteiger partial charge in [0.25, 0.3) is 0 Å². The molecule has 2 heterocycles. The molecule has 4 heteroatoms. The number of hydrogen-bond acceptors (Lipinski definition) is 3. The lowest BCUT2D eigenvalue weighted by Gasteiger charge is -2.40. The molecule has 0 spiro atoms. The highest BCUT2D eigenvalue weighted by Gasteiger charge is 2.26. The second-order valence-electron chi connectivity index (χ2n) is 5.05. The summed E-state index contributed by atoms with van der Waals surface area (Å²) >= 11 is 5.33. The quantitative estimate of drug-likeness (QED) is 0.892. The predicted octanol–water partition coefficient (Wildman–Crippen LogP) is 4.34. The largest absolute Gasteiger partial charge is 0.247 e. The van der Waals surface area contributed by atoms with Gasteiger partial charge in [-0.3, -0.25) is 0 Å². The van der Waals surface area contributed by atoms with E-state index in [0.29, 0.717) is 18.1 Å². The first-order chi connectivity index (χ1) is 8.08. The molecule has 0 saturated carbocycles. The fourth-order valence-electron chi connectivity index (χ4n) is 2.52. The number of nitrogens with zero attached hydrogens (tertiary/aromatic N) is 1. The Balaban J connectivity index is 1.99. The standard InChI is InChI=1S/C13H21BrN2S/c1-9-5-4-6-10(2)16(9)15-11(3)13-7-12(14)8-17-13/h7-11,15H,4-6H2,1-3H3. The molecular formula is C13H21BrN2S. The van der Waals surface area contributed by atoms with Crippen molar-refractivity contribution in [1.82, 2.24) is 10.4 Å². The van der Waals surface area contributed by atoms with Crippen LogP contribution in [0.15, 0.2) is 15.9 Å². The molecule has 96 valence electrons. The molecule has 1 aliphatic rings. The molecule has 17 heavy (non-hydrogen) atoms. The van der Waals surface area contributed by atoms with E-state index in [0.717, 1.165) is 0 Å². The van der Waals surface area contributed by atoms with Crippen molar-refractivity contribution in [3.8, 4) is 0 Å². The van der Waals surface area contributed by atoms with Crippen LogP contribution in [0.4, 0.5) is 0 Å². The number of hydrazine groups is 1. The van der Waals surface area contributed by atoms with Crippen molar-refractivity contribution in [3.05, 3.63) is 20.8 Å². The summed E-state index contributed by atoms with van der Waals surface area (Å²) in [6.07, 6.45) is 3.97. The van der Waals surface area contributed by atoms with E-state index in [2.05, 4.69) is 58.6 Å². The van der Waals surface area contributed by atoms with Crippen molar-refractivity contribution < 1.29 is 0 Å². The van der Waals surface area contributed by atoms with Crippen LogP contribution in [-0.2, 0) is 0 Å². The van der Waals surface area contributed by atoms with Gasteiger partial charge in [-0.2, -0.15) is 0 Å². The minimum absolute atomic E-state index is 0.397. The SMILES string of the molecule is CC(NN1C(C)CCCC1C)c1cc(Br)cs1. The van der Waals surface area contributed by atoms with Gasteiger partial charge in [-0.25, -0.2) is 10.4 Å². The highest BCUT2D eigenvalue weighted by atomic mass is 79.9. The maximum Gasteiger partial charge on any atom is 0.0530 e. The average Bonchev–Trinajstić information content (AvgIpc) is 2.70. The highest BCUT2D eigenvalue weighted by Crippen LogP contribution is 2.27. The molecule has 1 N–H and O–H groups in total. The monoisotopic (exact) mass is 316 g/mol. The second kappa shape index (κ2) is 5.83. The highest BCUT2D eigenvalue weighted by molar-refractivity contribution is 9.10. The summed E-state index contributed by atoms with van der Waals surface area (Å²) in [6.45, 7) is 6.88. The van der Waals surface area contributed by atoms with Crippen LogP contribution in [0.1, 0.15) is 51.0 Å². The predicted molar refractivity (Wildman–Crippen MR) is 78.2 cm³/mol. The summed E-state index contributed by atoms with van der Waals surface area (Å²) in [5.74, 6) is 0. The minimum atomic E-state index is 0.397. The Morgan fingerprint density at radius 2 is 2.06 bits per heavy atom. The average molecular weight is 317 g/mol. The minimum Gasteiger partial charge on any atom is -0.247 e. The third kappa shape index (κ3) is 3.31. The zero-order valence-corrected chi connectivity index (χ0v) is 13.1. The first kappa shape index (κ1) is 13.5. The summed E-state index contributed by atoms with van der Waals surface area (Å²) in [5, 5.41) is 4.60. The molecule has 1 saturated heterocycles. The molecule has 3 atom stereocenters. The number of halogens is 1. The Bertz CT molecular complexity index is 356. The third-order valence-electron chi connectivity index (χ3n) is 3.55. The van der Waals surface area contributed by atoms with Crippen LogP contribution in [0.5, 0.6) is 0 Å². The van der Waals surface area contributed by atoms with Crippen molar-refractivity contribution in [2.75, 3.05) is 0 Å². The van der Waals surface area contributed by atoms with Crippen molar-refractivity contribution in [1.29, 1.82) is 0 Å². The van der Waals surface area contributed by atoms with Gasteiger partial charge in [-0.1, -0.05) is 6.42 Å². The van der Waals surface area contributed by atoms with Gasteiger partial charge >= 0.3 is 0 Å². The van der Waals surface area contributed by atoms with Crippen LogP contribution in [0.2, 0.25) is 0 Å². The summed E-state index contributed by atoms with van der Waals surface area (Å²) in [4.78, 5) is 1.39. The summed E-state index contributed by atoms with van der Waals surface area (Å²) in [6, 6.07) is 3.89. The lowest BCUT2D eigenvalue weighted by molar-refractivity contribution is 0.0325. The van der Waals surface area contributed by atoms with Gasteiger partial charge in [0.1, 0.15) is 0 Å². The fraction of sp³-hybridized carbons (Fsp3) is 0.692. The van der Waals surface area contributed by atoms with Gasteiger partial charge < -0.3 is 0 Å². The van der Waals surface area contributed by atoms with Crippen LogP contribution in [0.3, 0.4) is 0 Å². The lowest BCUT2D eigenvalue weighted by atomic mass is 10.00. The van der Waals surface area contributed by atoms with E-state index in [1.807, 2.05) is 11.3 Å². The Kier molecular flexibility index (Phi) is 4.64. The number of rotatable bonds is 3. The van der Waals surface area contributed by atoms with Gasteiger partial charge in [0.15, 0.2) is 0 Å². The molecule has 0 bridgehead atoms. The molecule has 2 nitrogen and oxygen atoms in total. The lowest BCUT2D eigenvalue weighted by Crippen LogP contribution is -2.52. The molecule has 0 aromatic carbocycles. The van der Waals surface area contributed by atoms with Crippen molar-refractivity contribution in [2.45, 2.75) is 58.2 Å². The fourth-order valence-corrected chi connectivity index (χ4v) is 3.97. The van der Waals surface area contributed by atoms with Gasteiger partial charge in [0, 0.05) is 26.8 Å². The Hall–Kier alpha value is 0.1000. The third-order valence-corrected chi connectivity index (χ3v) is 5.43. The molecule has 2 rings (SSSR count). The normalized spacial score (nSPS) is 28.2. The molecule has 0 amide bonds. The van der Waals surface area contributed by atoms with E-state index < -0.39 is 0 Å². The van der Waals surface area contributed by atoms with E-state index in [9.17, 15) is 0 Å². The topological polar surface area (TPSA) is 15.3 Å². The molecular weight excluding hydrogens is 296 g/mol. The molecule has 3 unspecified atom stereocenters. The number of thiophene rings is 1. The molecule has 0 aliphatic carbocycles. The number of nitrogens with one attached hydrogen (secondary N) is 1. The summed E-state index contributed by atoms with van der Waals surface area (Å²) < 4.78 is 1.19. The van der Waals surface area contributed by atoms with E-state index in [1.54, 1.807) is 0 Å². The Morgan fingerprint density at radius 1 is 1.41 bits per heavy atom. The van der Waals surface area contributed by atoms with Crippen LogP contribution < -0.4 is 5.43 Å². The van der Waals surface area contributed by atoms with Crippen LogP contribution in [-0.4, -0.2) is 17.1 Å². The molecule has 1 aromatic rings. The van der Waals surface area contributed by atoms with E-state index in [1.165, 1.54) is 28.6 Å². The molecule has 1 aliphatic heterocycles. The van der Waals surface area contributed by atoms with Crippen LogP contribution in [0.25, 0.3) is 0 Å². The first-order valence-electron chi connectivity index (χ1n) is 6.36. The molecule has 0 radical (unpaired) electrons. The van der Waals surface area contributed by atoms with E-state index in [4.69, 9.17) is 0 Å².